The van der Waals surface area contributed by atoms with Crippen molar-refractivity contribution in [2.45, 2.75) is 13.2 Å². The van der Waals surface area contributed by atoms with Gasteiger partial charge >= 0.3 is 0 Å². The first-order chi connectivity index (χ1) is 12.2. The molecular weight excluding hydrogens is 336 g/mol. The lowest BCUT2D eigenvalue weighted by atomic mass is 10.2. The summed E-state index contributed by atoms with van der Waals surface area (Å²) in [5.41, 5.74) is 2.19. The summed E-state index contributed by atoms with van der Waals surface area (Å²) in [6, 6.07) is 17.2. The van der Waals surface area contributed by atoms with E-state index in [4.69, 9.17) is 9.47 Å². The van der Waals surface area contributed by atoms with Crippen molar-refractivity contribution in [3.8, 4) is 5.75 Å². The van der Waals surface area contributed by atoms with Crippen LogP contribution < -0.4 is 10.1 Å². The van der Waals surface area contributed by atoms with E-state index in [1.54, 1.807) is 24.6 Å². The Bertz CT molecular complexity index is 816. The summed E-state index contributed by atoms with van der Waals surface area (Å²) in [6.45, 7) is 0.916. The van der Waals surface area contributed by atoms with Crippen molar-refractivity contribution in [1.82, 2.24) is 4.98 Å². The second kappa shape index (κ2) is 8.41. The fourth-order valence-corrected chi connectivity index (χ4v) is 2.92. The molecule has 1 amide bonds. The van der Waals surface area contributed by atoms with Crippen LogP contribution in [0.2, 0.25) is 0 Å². The number of carbonyl (C=O) groups is 1. The van der Waals surface area contributed by atoms with E-state index in [-0.39, 0.29) is 5.91 Å². The van der Waals surface area contributed by atoms with Gasteiger partial charge in [0, 0.05) is 18.2 Å². The molecule has 1 aromatic heterocycles. The first-order valence-electron chi connectivity index (χ1n) is 7.76. The number of rotatable bonds is 7. The molecule has 1 N–H and O–H groups in total. The van der Waals surface area contributed by atoms with Gasteiger partial charge in [0.15, 0.2) is 0 Å². The molecule has 2 aromatic carbocycles. The minimum atomic E-state index is -0.239. The number of aromatic nitrogens is 1. The van der Waals surface area contributed by atoms with Crippen molar-refractivity contribution in [1.29, 1.82) is 0 Å². The Kier molecular flexibility index (Phi) is 5.77. The molecule has 0 spiro atoms. The lowest BCUT2D eigenvalue weighted by molar-refractivity contribution is 0.102. The number of hydrogen-bond donors (Lipinski definition) is 1. The number of carbonyl (C=O) groups excluding carboxylic acids is 1. The Labute approximate surface area is 150 Å². The van der Waals surface area contributed by atoms with E-state index in [0.717, 1.165) is 16.3 Å². The Morgan fingerprint density at radius 1 is 1.08 bits per heavy atom. The van der Waals surface area contributed by atoms with Crippen molar-refractivity contribution >= 4 is 22.9 Å². The molecule has 0 aliphatic heterocycles. The standard InChI is InChI=1S/C19H18N2O3S/c1-23-12-18-21-17(13-25-18)19(22)20-15-7-9-16(10-8-15)24-11-14-5-3-2-4-6-14/h2-10,13H,11-12H2,1H3,(H,20,22). The minimum absolute atomic E-state index is 0.239. The minimum Gasteiger partial charge on any atom is -0.489 e. The second-order valence-electron chi connectivity index (χ2n) is 5.31. The highest BCUT2D eigenvalue weighted by Gasteiger charge is 2.11. The van der Waals surface area contributed by atoms with Gasteiger partial charge < -0.3 is 14.8 Å². The maximum atomic E-state index is 12.2. The number of anilines is 1. The summed E-state index contributed by atoms with van der Waals surface area (Å²) < 4.78 is 10.7. The fraction of sp³-hybridized carbons (Fsp3) is 0.158. The molecule has 0 fully saturated rings. The molecule has 0 unspecified atom stereocenters. The molecule has 0 bridgehead atoms. The van der Waals surface area contributed by atoms with Crippen LogP contribution in [0.5, 0.6) is 5.75 Å². The fourth-order valence-electron chi connectivity index (χ4n) is 2.18. The zero-order valence-electron chi connectivity index (χ0n) is 13.8. The third-order valence-electron chi connectivity index (χ3n) is 3.41. The van der Waals surface area contributed by atoms with E-state index in [1.165, 1.54) is 11.3 Å². The number of nitrogens with zero attached hydrogens (tertiary/aromatic N) is 1. The van der Waals surface area contributed by atoms with Crippen LogP contribution >= 0.6 is 11.3 Å². The average Bonchev–Trinajstić information content (AvgIpc) is 3.11. The van der Waals surface area contributed by atoms with Gasteiger partial charge in [-0.2, -0.15) is 0 Å². The van der Waals surface area contributed by atoms with Crippen LogP contribution in [0.4, 0.5) is 5.69 Å². The maximum absolute atomic E-state index is 12.2. The van der Waals surface area contributed by atoms with Gasteiger partial charge in [0.1, 0.15) is 23.1 Å². The Hall–Kier alpha value is -2.70. The largest absolute Gasteiger partial charge is 0.489 e. The molecular formula is C19H18N2O3S. The topological polar surface area (TPSA) is 60.5 Å². The van der Waals surface area contributed by atoms with E-state index < -0.39 is 0 Å². The lowest BCUT2D eigenvalue weighted by Gasteiger charge is -2.08. The molecule has 5 nitrogen and oxygen atoms in total. The highest BCUT2D eigenvalue weighted by atomic mass is 32.1. The van der Waals surface area contributed by atoms with Gasteiger partial charge in [-0.15, -0.1) is 11.3 Å². The van der Waals surface area contributed by atoms with Crippen LogP contribution in [0.15, 0.2) is 60.0 Å². The number of hydrogen-bond acceptors (Lipinski definition) is 5. The van der Waals surface area contributed by atoms with Gasteiger partial charge in [-0.3, -0.25) is 4.79 Å². The Morgan fingerprint density at radius 2 is 1.84 bits per heavy atom. The lowest BCUT2D eigenvalue weighted by Crippen LogP contribution is -2.12. The monoisotopic (exact) mass is 354 g/mol. The Balaban J connectivity index is 1.55. The number of thiazole rings is 1. The molecule has 0 aliphatic carbocycles. The normalized spacial score (nSPS) is 10.4. The molecule has 3 aromatic rings. The van der Waals surface area contributed by atoms with Crippen molar-refractivity contribution in [2.24, 2.45) is 0 Å². The van der Waals surface area contributed by atoms with Gasteiger partial charge in [0.2, 0.25) is 0 Å². The molecule has 0 saturated heterocycles. The molecule has 1 heterocycles. The van der Waals surface area contributed by atoms with Crippen LogP contribution in [0.3, 0.4) is 0 Å². The van der Waals surface area contributed by atoms with Gasteiger partial charge in [0.25, 0.3) is 5.91 Å². The zero-order valence-corrected chi connectivity index (χ0v) is 14.6. The zero-order chi connectivity index (χ0) is 17.5. The number of benzene rings is 2. The first-order valence-corrected chi connectivity index (χ1v) is 8.64. The Morgan fingerprint density at radius 3 is 2.56 bits per heavy atom. The molecule has 0 aliphatic rings. The van der Waals surface area contributed by atoms with Crippen LogP contribution in [0.25, 0.3) is 0 Å². The van der Waals surface area contributed by atoms with Gasteiger partial charge in [-0.05, 0) is 29.8 Å². The third kappa shape index (κ3) is 4.89. The molecule has 0 atom stereocenters. The molecule has 128 valence electrons. The van der Waals surface area contributed by atoms with Crippen molar-refractivity contribution < 1.29 is 14.3 Å². The number of nitrogens with one attached hydrogen (secondary N) is 1. The van der Waals surface area contributed by atoms with Gasteiger partial charge in [0.05, 0.1) is 6.61 Å². The summed E-state index contributed by atoms with van der Waals surface area (Å²) in [5, 5.41) is 5.32. The summed E-state index contributed by atoms with van der Waals surface area (Å²) in [7, 11) is 1.60. The van der Waals surface area contributed by atoms with E-state index in [0.29, 0.717) is 24.6 Å². The summed E-state index contributed by atoms with van der Waals surface area (Å²) in [6.07, 6.45) is 0. The summed E-state index contributed by atoms with van der Waals surface area (Å²) >= 11 is 1.40. The van der Waals surface area contributed by atoms with Crippen LogP contribution in [0, 0.1) is 0 Å². The van der Waals surface area contributed by atoms with Crippen LogP contribution in [-0.2, 0) is 18.0 Å². The number of amides is 1. The summed E-state index contributed by atoms with van der Waals surface area (Å²) in [4.78, 5) is 16.4. The highest BCUT2D eigenvalue weighted by molar-refractivity contribution is 7.09. The average molecular weight is 354 g/mol. The van der Waals surface area contributed by atoms with E-state index in [9.17, 15) is 4.79 Å². The predicted molar refractivity (Wildman–Crippen MR) is 98.0 cm³/mol. The summed E-state index contributed by atoms with van der Waals surface area (Å²) in [5.74, 6) is 0.509. The molecule has 0 radical (unpaired) electrons. The van der Waals surface area contributed by atoms with E-state index >= 15 is 0 Å². The van der Waals surface area contributed by atoms with Crippen LogP contribution in [-0.4, -0.2) is 18.0 Å². The van der Waals surface area contributed by atoms with Gasteiger partial charge in [-0.25, -0.2) is 4.98 Å². The smallest absolute Gasteiger partial charge is 0.275 e. The molecule has 3 rings (SSSR count). The highest BCUT2D eigenvalue weighted by Crippen LogP contribution is 2.18. The quantitative estimate of drug-likeness (QED) is 0.693. The van der Waals surface area contributed by atoms with Crippen molar-refractivity contribution in [2.75, 3.05) is 12.4 Å². The predicted octanol–water partition coefficient (Wildman–Crippen LogP) is 4.12. The van der Waals surface area contributed by atoms with E-state index in [2.05, 4.69) is 10.3 Å². The molecule has 25 heavy (non-hydrogen) atoms. The number of methoxy groups -OCH3 is 1. The third-order valence-corrected chi connectivity index (χ3v) is 4.24. The molecule has 6 heteroatoms. The van der Waals surface area contributed by atoms with Crippen LogP contribution in [0.1, 0.15) is 21.1 Å². The van der Waals surface area contributed by atoms with Crippen molar-refractivity contribution in [3.63, 3.8) is 0 Å². The van der Waals surface area contributed by atoms with E-state index in [1.807, 2.05) is 42.5 Å². The number of ether oxygens (including phenoxy) is 2. The second-order valence-corrected chi connectivity index (χ2v) is 6.25. The first kappa shape index (κ1) is 17.1. The van der Waals surface area contributed by atoms with Gasteiger partial charge in [-0.1, -0.05) is 30.3 Å². The maximum Gasteiger partial charge on any atom is 0.275 e. The SMILES string of the molecule is COCc1nc(C(=O)Nc2ccc(OCc3ccccc3)cc2)cs1. The van der Waals surface area contributed by atoms with Crippen molar-refractivity contribution in [3.05, 3.63) is 76.2 Å². The molecule has 0 saturated carbocycles.